The van der Waals surface area contributed by atoms with E-state index < -0.39 is 36.5 Å². The first kappa shape index (κ1) is 22.1. The summed E-state index contributed by atoms with van der Waals surface area (Å²) in [6, 6.07) is 9.75. The van der Waals surface area contributed by atoms with Crippen molar-refractivity contribution in [2.45, 2.75) is 49.9 Å². The molecule has 1 aromatic carbocycles. The average Bonchev–Trinajstić information content (AvgIpc) is 3.33. The second-order valence-electron chi connectivity index (χ2n) is 8.74. The van der Waals surface area contributed by atoms with Gasteiger partial charge in [-0.3, -0.25) is 9.48 Å². The van der Waals surface area contributed by atoms with Crippen LogP contribution in [0.5, 0.6) is 0 Å². The normalized spacial score (nSPS) is 21.3. The van der Waals surface area contributed by atoms with Gasteiger partial charge in [0.1, 0.15) is 16.5 Å². The molecule has 0 saturated heterocycles. The zero-order valence-electron chi connectivity index (χ0n) is 17.8. The molecule has 5 rings (SSSR count). The third-order valence-corrected chi connectivity index (χ3v) is 7.60. The number of halogens is 4. The van der Waals surface area contributed by atoms with Gasteiger partial charge in [-0.25, -0.2) is 4.98 Å². The van der Waals surface area contributed by atoms with Gasteiger partial charge < -0.3 is 5.32 Å². The molecule has 2 aliphatic carbocycles. The summed E-state index contributed by atoms with van der Waals surface area (Å²) in [5, 5.41) is 8.14. The van der Waals surface area contributed by atoms with Crippen molar-refractivity contribution in [1.82, 2.24) is 14.8 Å². The largest absolute Gasteiger partial charge is 0.313 e. The Morgan fingerprint density at radius 3 is 2.55 bits per heavy atom. The summed E-state index contributed by atoms with van der Waals surface area (Å²) < 4.78 is 55.1. The highest BCUT2D eigenvalue weighted by Gasteiger charge is 2.71. The minimum Gasteiger partial charge on any atom is -0.311 e. The number of amides is 1. The predicted octanol–water partition coefficient (Wildman–Crippen LogP) is 6.10. The topological polar surface area (TPSA) is 59.8 Å². The van der Waals surface area contributed by atoms with Crippen LogP contribution in [0.2, 0.25) is 0 Å². The molecule has 0 unspecified atom stereocenters. The van der Waals surface area contributed by atoms with Crippen LogP contribution in [0.15, 0.2) is 36.5 Å². The van der Waals surface area contributed by atoms with E-state index in [4.69, 9.17) is 0 Å². The molecule has 1 amide bonds. The van der Waals surface area contributed by atoms with Gasteiger partial charge in [0.25, 0.3) is 0 Å². The minimum absolute atomic E-state index is 0.181. The standard InChI is InChI=1S/C23H22F4N4OS/c1-31-20(29-17(32)10-15-11-22(24,25)23(15,26)27)18(13-8-5-9-13)19(30-31)16-12-28-21(33-16)14-6-3-2-4-7-14/h2-4,6-7,12-13,15H,5,8-11H2,1H3,(H,29,32)/t15-/m1/s1. The van der Waals surface area contributed by atoms with Crippen molar-refractivity contribution in [3.8, 4) is 21.1 Å². The van der Waals surface area contributed by atoms with E-state index in [1.54, 1.807) is 13.2 Å². The van der Waals surface area contributed by atoms with Crippen molar-refractivity contribution in [1.29, 1.82) is 0 Å². The van der Waals surface area contributed by atoms with Gasteiger partial charge in [-0.2, -0.15) is 22.7 Å². The lowest BCUT2D eigenvalue weighted by molar-refractivity contribution is -0.313. The molecular weight excluding hydrogens is 456 g/mol. The minimum atomic E-state index is -4.16. The van der Waals surface area contributed by atoms with E-state index in [9.17, 15) is 22.4 Å². The van der Waals surface area contributed by atoms with E-state index >= 15 is 0 Å². The van der Waals surface area contributed by atoms with Gasteiger partial charge >= 0.3 is 11.8 Å². The fraction of sp³-hybridized carbons (Fsp3) is 0.435. The molecule has 2 aromatic heterocycles. The molecule has 3 aromatic rings. The monoisotopic (exact) mass is 478 g/mol. The number of nitrogens with one attached hydrogen (secondary N) is 1. The average molecular weight is 479 g/mol. The summed E-state index contributed by atoms with van der Waals surface area (Å²) in [6.07, 6.45) is 3.01. The van der Waals surface area contributed by atoms with Crippen molar-refractivity contribution >= 4 is 23.1 Å². The van der Waals surface area contributed by atoms with Crippen LogP contribution in [0.1, 0.15) is 43.6 Å². The second kappa shape index (κ2) is 7.93. The Balaban J connectivity index is 1.41. The van der Waals surface area contributed by atoms with E-state index in [2.05, 4.69) is 15.4 Å². The van der Waals surface area contributed by atoms with Gasteiger partial charge in [0.05, 0.1) is 4.88 Å². The number of hydrogen-bond acceptors (Lipinski definition) is 4. The summed E-state index contributed by atoms with van der Waals surface area (Å²) >= 11 is 1.49. The van der Waals surface area contributed by atoms with Gasteiger partial charge in [0.2, 0.25) is 5.91 Å². The zero-order chi connectivity index (χ0) is 23.4. The number of benzene rings is 1. The third-order valence-electron chi connectivity index (χ3n) is 6.55. The highest BCUT2D eigenvalue weighted by molar-refractivity contribution is 7.18. The summed E-state index contributed by atoms with van der Waals surface area (Å²) in [5.41, 5.74) is 2.55. The first-order valence-corrected chi connectivity index (χ1v) is 11.6. The number of aromatic nitrogens is 3. The van der Waals surface area contributed by atoms with E-state index in [0.29, 0.717) is 11.5 Å². The lowest BCUT2D eigenvalue weighted by Crippen LogP contribution is -2.59. The van der Waals surface area contributed by atoms with Gasteiger partial charge in [-0.1, -0.05) is 36.8 Å². The molecule has 174 valence electrons. The SMILES string of the molecule is Cn1nc(-c2cnc(-c3ccccc3)s2)c(C2CCC2)c1NC(=O)C[C@@H]1CC(F)(F)C1(F)F. The number of carbonyl (C=O) groups excluding carboxylic acids is 1. The number of thiazole rings is 1. The number of hydrogen-bond donors (Lipinski definition) is 1. The van der Waals surface area contributed by atoms with Crippen molar-refractivity contribution in [2.24, 2.45) is 13.0 Å². The lowest BCUT2D eigenvalue weighted by atomic mass is 9.74. The first-order valence-electron chi connectivity index (χ1n) is 10.8. The van der Waals surface area contributed by atoms with Crippen molar-refractivity contribution in [3.05, 3.63) is 42.1 Å². The Morgan fingerprint density at radius 1 is 1.21 bits per heavy atom. The fourth-order valence-corrected chi connectivity index (χ4v) is 5.32. The molecule has 2 heterocycles. The highest BCUT2D eigenvalue weighted by atomic mass is 32.1. The molecule has 10 heteroatoms. The molecule has 1 N–H and O–H groups in total. The Morgan fingerprint density at radius 2 is 1.94 bits per heavy atom. The van der Waals surface area contributed by atoms with Gasteiger partial charge in [0, 0.05) is 43.1 Å². The van der Waals surface area contributed by atoms with Crippen LogP contribution >= 0.6 is 11.3 Å². The first-order chi connectivity index (χ1) is 15.7. The lowest BCUT2D eigenvalue weighted by Gasteiger charge is -2.43. The van der Waals surface area contributed by atoms with Gasteiger partial charge in [-0.05, 0) is 18.8 Å². The third kappa shape index (κ3) is 3.74. The summed E-state index contributed by atoms with van der Waals surface area (Å²) in [5.74, 6) is -9.96. The van der Waals surface area contributed by atoms with Crippen LogP contribution in [-0.4, -0.2) is 32.5 Å². The van der Waals surface area contributed by atoms with E-state index in [1.165, 1.54) is 16.0 Å². The quantitative estimate of drug-likeness (QED) is 0.436. The smallest absolute Gasteiger partial charge is 0.311 e. The number of aryl methyl sites for hydroxylation is 1. The molecule has 0 spiro atoms. The molecule has 0 radical (unpaired) electrons. The predicted molar refractivity (Wildman–Crippen MR) is 118 cm³/mol. The number of nitrogens with zero attached hydrogens (tertiary/aromatic N) is 3. The summed E-state index contributed by atoms with van der Waals surface area (Å²) in [4.78, 5) is 17.9. The van der Waals surface area contributed by atoms with Crippen LogP contribution in [0.4, 0.5) is 23.4 Å². The number of rotatable bonds is 6. The molecule has 0 bridgehead atoms. The van der Waals surface area contributed by atoms with Crippen LogP contribution in [0, 0.1) is 5.92 Å². The molecule has 5 nitrogen and oxygen atoms in total. The maximum absolute atomic E-state index is 13.6. The molecule has 33 heavy (non-hydrogen) atoms. The molecule has 2 fully saturated rings. The number of alkyl halides is 4. The van der Waals surface area contributed by atoms with Crippen molar-refractivity contribution in [2.75, 3.05) is 5.32 Å². The van der Waals surface area contributed by atoms with Crippen LogP contribution in [0.25, 0.3) is 21.1 Å². The van der Waals surface area contributed by atoms with Gasteiger partial charge in [0.15, 0.2) is 0 Å². The molecule has 1 atom stereocenters. The molecular formula is C23H22F4N4OS. The highest BCUT2D eigenvalue weighted by Crippen LogP contribution is 2.56. The molecule has 2 aliphatic rings. The Bertz CT molecular complexity index is 1190. The maximum atomic E-state index is 13.6. The van der Waals surface area contributed by atoms with Crippen molar-refractivity contribution in [3.63, 3.8) is 0 Å². The molecule has 0 aliphatic heterocycles. The van der Waals surface area contributed by atoms with E-state index in [-0.39, 0.29) is 5.92 Å². The summed E-state index contributed by atoms with van der Waals surface area (Å²) in [6.45, 7) is 0. The Labute approximate surface area is 191 Å². The van der Waals surface area contributed by atoms with Crippen LogP contribution in [0.3, 0.4) is 0 Å². The summed E-state index contributed by atoms with van der Waals surface area (Å²) in [7, 11) is 1.67. The van der Waals surface area contributed by atoms with Crippen LogP contribution in [-0.2, 0) is 11.8 Å². The number of anilines is 1. The zero-order valence-corrected chi connectivity index (χ0v) is 18.6. The van der Waals surface area contributed by atoms with Crippen LogP contribution < -0.4 is 5.32 Å². The molecule has 2 saturated carbocycles. The number of carbonyl (C=O) groups is 1. The van der Waals surface area contributed by atoms with E-state index in [1.807, 2.05) is 30.3 Å². The second-order valence-corrected chi connectivity index (χ2v) is 9.77. The Hall–Kier alpha value is -2.75. The Kier molecular flexibility index (Phi) is 5.30. The van der Waals surface area contributed by atoms with Crippen molar-refractivity contribution < 1.29 is 22.4 Å². The fourth-order valence-electron chi connectivity index (χ4n) is 4.40. The van der Waals surface area contributed by atoms with Gasteiger partial charge in [-0.15, -0.1) is 11.3 Å². The van der Waals surface area contributed by atoms with E-state index in [0.717, 1.165) is 40.3 Å². The maximum Gasteiger partial charge on any atom is 0.313 e.